The highest BCUT2D eigenvalue weighted by Crippen LogP contribution is 2.29. The Bertz CT molecular complexity index is 458. The van der Waals surface area contributed by atoms with E-state index in [1.54, 1.807) is 4.90 Å². The van der Waals surface area contributed by atoms with Gasteiger partial charge in [0, 0.05) is 19.6 Å². The molecule has 2 atom stereocenters. The number of amides is 2. The van der Waals surface area contributed by atoms with E-state index in [-0.39, 0.29) is 17.7 Å². The predicted molar refractivity (Wildman–Crippen MR) is 82.2 cm³/mol. The summed E-state index contributed by atoms with van der Waals surface area (Å²) in [6, 6.07) is -0.0105. The molecular weight excluding hydrogens is 290 g/mol. The second-order valence-electron chi connectivity index (χ2n) is 6.73. The van der Waals surface area contributed by atoms with Crippen molar-refractivity contribution in [3.8, 4) is 0 Å². The van der Waals surface area contributed by atoms with Crippen LogP contribution in [0.1, 0.15) is 39.0 Å². The van der Waals surface area contributed by atoms with E-state index in [0.29, 0.717) is 31.8 Å². The van der Waals surface area contributed by atoms with E-state index in [1.807, 2.05) is 0 Å². The van der Waals surface area contributed by atoms with E-state index < -0.39 is 10.0 Å². The summed E-state index contributed by atoms with van der Waals surface area (Å²) in [4.78, 5) is 13.9. The average molecular weight is 317 g/mol. The number of carbonyl (C=O) groups excluding carboxylic acids is 1. The van der Waals surface area contributed by atoms with Gasteiger partial charge in [-0.05, 0) is 43.4 Å². The highest BCUT2D eigenvalue weighted by atomic mass is 32.2. The van der Waals surface area contributed by atoms with Gasteiger partial charge >= 0.3 is 6.03 Å². The fraction of sp³-hybridized carbons (Fsp3) is 0.929. The molecular formula is C14H27N3O3S. The number of likely N-dealkylation sites (tertiary alicyclic amines) is 1. The minimum absolute atomic E-state index is 0.0105. The predicted octanol–water partition coefficient (Wildman–Crippen LogP) is 1.13. The third-order valence-corrected chi connectivity index (χ3v) is 5.65. The third-order valence-electron chi connectivity index (χ3n) is 4.72. The van der Waals surface area contributed by atoms with Crippen molar-refractivity contribution in [2.24, 2.45) is 22.9 Å². The van der Waals surface area contributed by atoms with Crippen LogP contribution < -0.4 is 10.5 Å². The van der Waals surface area contributed by atoms with Gasteiger partial charge in [0.25, 0.3) is 0 Å². The van der Waals surface area contributed by atoms with Crippen LogP contribution >= 0.6 is 0 Å². The zero-order valence-corrected chi connectivity index (χ0v) is 13.6. The average Bonchev–Trinajstić information content (AvgIpc) is 2.81. The van der Waals surface area contributed by atoms with Gasteiger partial charge < -0.3 is 10.2 Å². The normalized spacial score (nSPS) is 27.8. The molecule has 6 nitrogen and oxygen atoms in total. The number of sulfonamides is 1. The van der Waals surface area contributed by atoms with Gasteiger partial charge in [-0.25, -0.2) is 18.4 Å². The lowest BCUT2D eigenvalue weighted by Gasteiger charge is -2.31. The second-order valence-corrected chi connectivity index (χ2v) is 8.39. The summed E-state index contributed by atoms with van der Waals surface area (Å²) in [5, 5.41) is 8.09. The Kier molecular flexibility index (Phi) is 5.48. The summed E-state index contributed by atoms with van der Waals surface area (Å²) in [6.07, 6.45) is 5.10. The van der Waals surface area contributed by atoms with Gasteiger partial charge in [-0.1, -0.05) is 13.3 Å². The summed E-state index contributed by atoms with van der Waals surface area (Å²) < 4.78 is 22.2. The fourth-order valence-electron chi connectivity index (χ4n) is 3.49. The van der Waals surface area contributed by atoms with Crippen LogP contribution in [-0.2, 0) is 10.0 Å². The van der Waals surface area contributed by atoms with Crippen LogP contribution in [0.3, 0.4) is 0 Å². The molecule has 1 saturated heterocycles. The van der Waals surface area contributed by atoms with Gasteiger partial charge in [0.15, 0.2) is 0 Å². The van der Waals surface area contributed by atoms with E-state index >= 15 is 0 Å². The number of rotatable bonds is 4. The number of nitrogens with one attached hydrogen (secondary N) is 1. The lowest BCUT2D eigenvalue weighted by atomic mass is 9.99. The topological polar surface area (TPSA) is 92.5 Å². The summed E-state index contributed by atoms with van der Waals surface area (Å²) in [6.45, 7) is 4.26. The van der Waals surface area contributed by atoms with Crippen LogP contribution in [0.15, 0.2) is 0 Å². The molecule has 1 aliphatic carbocycles. The molecule has 122 valence electrons. The standard InChI is InChI=1S/C14H27N3O3S/c1-11-2-3-13(8-11)9-16-14(18)17-6-4-12(5-7-17)10-21(15,19)20/h11-13H,2-10H2,1H3,(H,16,18)(H2,15,19,20)/t11-,13+/m1/s1. The molecule has 2 fully saturated rings. The van der Waals surface area contributed by atoms with Crippen LogP contribution in [0.25, 0.3) is 0 Å². The fourth-order valence-corrected chi connectivity index (χ4v) is 4.48. The number of carbonyl (C=O) groups is 1. The van der Waals surface area contributed by atoms with Crippen molar-refractivity contribution in [1.82, 2.24) is 10.2 Å². The molecule has 0 unspecified atom stereocenters. The Hall–Kier alpha value is -0.820. The first kappa shape index (κ1) is 16.5. The molecule has 1 aliphatic heterocycles. The van der Waals surface area contributed by atoms with E-state index in [4.69, 9.17) is 5.14 Å². The monoisotopic (exact) mass is 317 g/mol. The molecule has 0 aromatic carbocycles. The van der Waals surface area contributed by atoms with E-state index in [1.165, 1.54) is 19.3 Å². The molecule has 1 heterocycles. The molecule has 2 amide bonds. The molecule has 21 heavy (non-hydrogen) atoms. The van der Waals surface area contributed by atoms with Crippen LogP contribution in [0.4, 0.5) is 4.79 Å². The molecule has 2 aliphatic rings. The highest BCUT2D eigenvalue weighted by Gasteiger charge is 2.26. The summed E-state index contributed by atoms with van der Waals surface area (Å²) in [7, 11) is -3.41. The first-order valence-electron chi connectivity index (χ1n) is 7.86. The zero-order valence-electron chi connectivity index (χ0n) is 12.8. The number of hydrogen-bond acceptors (Lipinski definition) is 3. The van der Waals surface area contributed by atoms with Crippen molar-refractivity contribution in [2.75, 3.05) is 25.4 Å². The van der Waals surface area contributed by atoms with Gasteiger partial charge in [0.2, 0.25) is 10.0 Å². The maximum Gasteiger partial charge on any atom is 0.317 e. The van der Waals surface area contributed by atoms with Crippen LogP contribution in [-0.4, -0.2) is 44.7 Å². The quantitative estimate of drug-likeness (QED) is 0.814. The minimum atomic E-state index is -3.41. The van der Waals surface area contributed by atoms with Gasteiger partial charge in [-0.15, -0.1) is 0 Å². The number of urea groups is 1. The third kappa shape index (κ3) is 5.47. The summed E-state index contributed by atoms with van der Waals surface area (Å²) >= 11 is 0. The van der Waals surface area contributed by atoms with Crippen molar-refractivity contribution in [3.63, 3.8) is 0 Å². The molecule has 1 saturated carbocycles. The van der Waals surface area contributed by atoms with E-state index in [9.17, 15) is 13.2 Å². The minimum Gasteiger partial charge on any atom is -0.338 e. The Morgan fingerprint density at radius 2 is 1.86 bits per heavy atom. The van der Waals surface area contributed by atoms with Gasteiger partial charge in [-0.2, -0.15) is 0 Å². The Morgan fingerprint density at radius 3 is 2.38 bits per heavy atom. The molecule has 0 aromatic heterocycles. The number of piperidine rings is 1. The molecule has 3 N–H and O–H groups in total. The maximum absolute atomic E-state index is 12.1. The van der Waals surface area contributed by atoms with Crippen molar-refractivity contribution >= 4 is 16.1 Å². The van der Waals surface area contributed by atoms with Crippen molar-refractivity contribution < 1.29 is 13.2 Å². The van der Waals surface area contributed by atoms with Gasteiger partial charge in [0.1, 0.15) is 0 Å². The Balaban J connectivity index is 1.68. The number of hydrogen-bond donors (Lipinski definition) is 2. The molecule has 0 radical (unpaired) electrons. The first-order chi connectivity index (χ1) is 9.83. The number of primary sulfonamides is 1. The van der Waals surface area contributed by atoms with Crippen LogP contribution in [0.2, 0.25) is 0 Å². The first-order valence-corrected chi connectivity index (χ1v) is 9.58. The lowest BCUT2D eigenvalue weighted by Crippen LogP contribution is -2.46. The van der Waals surface area contributed by atoms with Gasteiger partial charge in [-0.3, -0.25) is 0 Å². The number of nitrogens with two attached hydrogens (primary N) is 1. The van der Waals surface area contributed by atoms with Crippen molar-refractivity contribution in [1.29, 1.82) is 0 Å². The Morgan fingerprint density at radius 1 is 1.19 bits per heavy atom. The summed E-state index contributed by atoms with van der Waals surface area (Å²) in [5.74, 6) is 1.51. The Labute approximate surface area is 127 Å². The summed E-state index contributed by atoms with van der Waals surface area (Å²) in [5.41, 5.74) is 0. The molecule has 7 heteroatoms. The largest absolute Gasteiger partial charge is 0.338 e. The lowest BCUT2D eigenvalue weighted by molar-refractivity contribution is 0.173. The van der Waals surface area contributed by atoms with Gasteiger partial charge in [0.05, 0.1) is 5.75 Å². The zero-order chi connectivity index (χ0) is 15.5. The molecule has 0 aromatic rings. The second kappa shape index (κ2) is 6.96. The van der Waals surface area contributed by atoms with Crippen LogP contribution in [0.5, 0.6) is 0 Å². The maximum atomic E-state index is 12.1. The van der Waals surface area contributed by atoms with E-state index in [2.05, 4.69) is 12.2 Å². The SMILES string of the molecule is C[C@@H]1CC[C@H](CNC(=O)N2CCC(CS(N)(=O)=O)CC2)C1. The number of nitrogens with zero attached hydrogens (tertiary/aromatic N) is 1. The van der Waals surface area contributed by atoms with Crippen molar-refractivity contribution in [3.05, 3.63) is 0 Å². The molecule has 0 bridgehead atoms. The van der Waals surface area contributed by atoms with Crippen LogP contribution in [0, 0.1) is 17.8 Å². The van der Waals surface area contributed by atoms with E-state index in [0.717, 1.165) is 12.5 Å². The molecule has 0 spiro atoms. The highest BCUT2D eigenvalue weighted by molar-refractivity contribution is 7.89. The van der Waals surface area contributed by atoms with Crippen molar-refractivity contribution in [2.45, 2.75) is 39.0 Å². The smallest absolute Gasteiger partial charge is 0.317 e. The molecule has 2 rings (SSSR count).